The maximum atomic E-state index is 12.0. The van der Waals surface area contributed by atoms with Gasteiger partial charge >= 0.3 is 0 Å². The SMILES string of the molecule is CCCC1[C@@H]2CCC3CC(=O)CC[C@]3(C)C2CC[C@]1(C)C(C)C. The van der Waals surface area contributed by atoms with Crippen molar-refractivity contribution in [2.75, 3.05) is 0 Å². The van der Waals surface area contributed by atoms with Crippen molar-refractivity contribution in [2.45, 2.75) is 92.4 Å². The number of fused-ring (bicyclic) bond motifs is 3. The Morgan fingerprint density at radius 2 is 1.87 bits per heavy atom. The van der Waals surface area contributed by atoms with Gasteiger partial charge < -0.3 is 0 Å². The predicted molar refractivity (Wildman–Crippen MR) is 97.2 cm³/mol. The van der Waals surface area contributed by atoms with Crippen molar-refractivity contribution in [2.24, 2.45) is 40.4 Å². The van der Waals surface area contributed by atoms with Gasteiger partial charge in [-0.25, -0.2) is 0 Å². The van der Waals surface area contributed by atoms with E-state index in [9.17, 15) is 4.79 Å². The van der Waals surface area contributed by atoms with Crippen LogP contribution in [0.4, 0.5) is 0 Å². The number of ketones is 1. The van der Waals surface area contributed by atoms with Crippen LogP contribution in [0.5, 0.6) is 0 Å². The molecule has 0 radical (unpaired) electrons. The summed E-state index contributed by atoms with van der Waals surface area (Å²) in [4.78, 5) is 12.0. The highest BCUT2D eigenvalue weighted by molar-refractivity contribution is 5.79. The van der Waals surface area contributed by atoms with Gasteiger partial charge in [0, 0.05) is 12.8 Å². The van der Waals surface area contributed by atoms with E-state index in [0.29, 0.717) is 22.5 Å². The van der Waals surface area contributed by atoms with E-state index < -0.39 is 0 Å². The molecule has 0 amide bonds. The first-order valence-electron chi connectivity index (χ1n) is 10.3. The number of Topliss-reactive ketones (excluding diaryl/α,β-unsaturated/α-hetero) is 1. The molecule has 3 unspecified atom stereocenters. The van der Waals surface area contributed by atoms with Crippen molar-refractivity contribution >= 4 is 5.78 Å². The zero-order valence-corrected chi connectivity index (χ0v) is 16.2. The molecule has 3 rings (SSSR count). The van der Waals surface area contributed by atoms with Crippen LogP contribution in [0.3, 0.4) is 0 Å². The molecule has 0 heterocycles. The molecule has 0 saturated heterocycles. The standard InChI is InChI=1S/C22H38O/c1-6-7-19-18-9-8-16-14-17(23)10-12-22(16,5)20(18)11-13-21(19,4)15(2)3/h15-16,18-20H,6-14H2,1-5H3/t16?,18-,19?,20?,21+,22-/m0/s1. The summed E-state index contributed by atoms with van der Waals surface area (Å²) < 4.78 is 0. The van der Waals surface area contributed by atoms with Crippen molar-refractivity contribution in [3.8, 4) is 0 Å². The summed E-state index contributed by atoms with van der Waals surface area (Å²) in [5.74, 6) is 4.73. The van der Waals surface area contributed by atoms with E-state index in [-0.39, 0.29) is 0 Å². The monoisotopic (exact) mass is 318 g/mol. The van der Waals surface area contributed by atoms with E-state index in [1.165, 1.54) is 44.9 Å². The number of carbonyl (C=O) groups excluding carboxylic acids is 1. The Hall–Kier alpha value is -0.330. The first-order chi connectivity index (χ1) is 10.8. The molecular formula is C22H38O. The van der Waals surface area contributed by atoms with Crippen LogP contribution in [0, 0.1) is 40.4 Å². The van der Waals surface area contributed by atoms with E-state index in [1.54, 1.807) is 0 Å². The van der Waals surface area contributed by atoms with Gasteiger partial charge in [-0.15, -0.1) is 0 Å². The van der Waals surface area contributed by atoms with Gasteiger partial charge in [-0.1, -0.05) is 41.0 Å². The number of carbonyl (C=O) groups is 1. The van der Waals surface area contributed by atoms with Crippen molar-refractivity contribution in [3.63, 3.8) is 0 Å². The molecule has 1 nitrogen and oxygen atoms in total. The van der Waals surface area contributed by atoms with E-state index in [0.717, 1.165) is 36.5 Å². The third-order valence-electron chi connectivity index (χ3n) is 8.84. The average molecular weight is 319 g/mol. The zero-order valence-electron chi connectivity index (χ0n) is 16.2. The van der Waals surface area contributed by atoms with E-state index in [1.807, 2.05) is 0 Å². The molecule has 0 aromatic carbocycles. The molecule has 3 aliphatic rings. The Kier molecular flexibility index (Phi) is 4.71. The molecule has 0 aliphatic heterocycles. The topological polar surface area (TPSA) is 17.1 Å². The first-order valence-corrected chi connectivity index (χ1v) is 10.3. The third-order valence-corrected chi connectivity index (χ3v) is 8.84. The summed E-state index contributed by atoms with van der Waals surface area (Å²) in [6.45, 7) is 12.4. The Bertz CT molecular complexity index is 453. The third kappa shape index (κ3) is 2.71. The fraction of sp³-hybridized carbons (Fsp3) is 0.955. The van der Waals surface area contributed by atoms with Gasteiger partial charge in [-0.05, 0) is 78.9 Å². The number of hydrogen-bond donors (Lipinski definition) is 0. The lowest BCUT2D eigenvalue weighted by molar-refractivity contribution is -0.144. The number of hydrogen-bond acceptors (Lipinski definition) is 1. The van der Waals surface area contributed by atoms with E-state index >= 15 is 0 Å². The minimum absolute atomic E-state index is 0.459. The van der Waals surface area contributed by atoms with Crippen LogP contribution in [0.25, 0.3) is 0 Å². The molecule has 0 N–H and O–H groups in total. The maximum absolute atomic E-state index is 12.0. The van der Waals surface area contributed by atoms with Gasteiger partial charge in [-0.3, -0.25) is 4.79 Å². The van der Waals surface area contributed by atoms with Gasteiger partial charge in [0.15, 0.2) is 0 Å². The second kappa shape index (κ2) is 6.19. The molecule has 3 fully saturated rings. The predicted octanol–water partition coefficient (Wildman–Crippen LogP) is 6.26. The zero-order chi connectivity index (χ0) is 16.8. The lowest BCUT2D eigenvalue weighted by Crippen LogP contribution is -2.54. The van der Waals surface area contributed by atoms with Gasteiger partial charge in [0.1, 0.15) is 5.78 Å². The van der Waals surface area contributed by atoms with Crippen molar-refractivity contribution in [1.29, 1.82) is 0 Å². The Morgan fingerprint density at radius 1 is 1.13 bits per heavy atom. The summed E-state index contributed by atoms with van der Waals surface area (Å²) >= 11 is 0. The van der Waals surface area contributed by atoms with Crippen LogP contribution in [-0.2, 0) is 4.79 Å². The molecule has 0 aromatic rings. The summed E-state index contributed by atoms with van der Waals surface area (Å²) in [6, 6.07) is 0. The molecule has 1 heteroatoms. The quantitative estimate of drug-likeness (QED) is 0.600. The Labute approximate surface area is 144 Å². The Balaban J connectivity index is 1.89. The minimum Gasteiger partial charge on any atom is -0.300 e. The highest BCUT2D eigenvalue weighted by Crippen LogP contribution is 2.64. The molecule has 0 bridgehead atoms. The van der Waals surface area contributed by atoms with Crippen LogP contribution < -0.4 is 0 Å². The van der Waals surface area contributed by atoms with E-state index in [2.05, 4.69) is 34.6 Å². The molecule has 3 aliphatic carbocycles. The molecule has 6 atom stereocenters. The molecule has 3 saturated carbocycles. The minimum atomic E-state index is 0.459. The van der Waals surface area contributed by atoms with Crippen molar-refractivity contribution in [1.82, 2.24) is 0 Å². The lowest BCUT2D eigenvalue weighted by Gasteiger charge is -2.61. The fourth-order valence-electron chi connectivity index (χ4n) is 6.96. The summed E-state index contributed by atoms with van der Waals surface area (Å²) in [5, 5.41) is 0. The molecule has 23 heavy (non-hydrogen) atoms. The van der Waals surface area contributed by atoms with Gasteiger partial charge in [0.05, 0.1) is 0 Å². The fourth-order valence-corrected chi connectivity index (χ4v) is 6.96. The van der Waals surface area contributed by atoms with Crippen LogP contribution in [0.15, 0.2) is 0 Å². The summed E-state index contributed by atoms with van der Waals surface area (Å²) in [7, 11) is 0. The Morgan fingerprint density at radius 3 is 2.52 bits per heavy atom. The van der Waals surface area contributed by atoms with Crippen molar-refractivity contribution < 1.29 is 4.79 Å². The van der Waals surface area contributed by atoms with Crippen LogP contribution in [0.1, 0.15) is 92.4 Å². The molecule has 0 spiro atoms. The average Bonchev–Trinajstić information content (AvgIpc) is 2.50. The van der Waals surface area contributed by atoms with Gasteiger partial charge in [0.25, 0.3) is 0 Å². The maximum Gasteiger partial charge on any atom is 0.133 e. The molecule has 0 aromatic heterocycles. The van der Waals surface area contributed by atoms with Crippen LogP contribution in [0.2, 0.25) is 0 Å². The normalized spacial score (nSPS) is 47.3. The summed E-state index contributed by atoms with van der Waals surface area (Å²) in [6.07, 6.45) is 11.2. The van der Waals surface area contributed by atoms with Crippen molar-refractivity contribution in [3.05, 3.63) is 0 Å². The first kappa shape index (κ1) is 17.5. The highest BCUT2D eigenvalue weighted by Gasteiger charge is 2.57. The summed E-state index contributed by atoms with van der Waals surface area (Å²) in [5.41, 5.74) is 0.992. The second-order valence-corrected chi connectivity index (χ2v) is 9.89. The van der Waals surface area contributed by atoms with E-state index in [4.69, 9.17) is 0 Å². The highest BCUT2D eigenvalue weighted by atomic mass is 16.1. The van der Waals surface area contributed by atoms with Crippen LogP contribution in [-0.4, -0.2) is 5.78 Å². The lowest BCUT2D eigenvalue weighted by atomic mass is 9.43. The van der Waals surface area contributed by atoms with Gasteiger partial charge in [-0.2, -0.15) is 0 Å². The van der Waals surface area contributed by atoms with Crippen LogP contribution >= 0.6 is 0 Å². The largest absolute Gasteiger partial charge is 0.300 e. The van der Waals surface area contributed by atoms with Gasteiger partial charge in [0.2, 0.25) is 0 Å². The second-order valence-electron chi connectivity index (χ2n) is 9.89. The molecule has 132 valence electrons. The molecular weight excluding hydrogens is 280 g/mol. The smallest absolute Gasteiger partial charge is 0.133 e. The number of rotatable bonds is 3.